The zero-order valence-electron chi connectivity index (χ0n) is 10.3. The van der Waals surface area contributed by atoms with Gasteiger partial charge in [-0.3, -0.25) is 0 Å². The van der Waals surface area contributed by atoms with Gasteiger partial charge in [0.25, 0.3) is 0 Å². The zero-order valence-corrected chi connectivity index (χ0v) is 10.3. The largest absolute Gasteiger partial charge is 0.453 e. The third-order valence-electron chi connectivity index (χ3n) is 1.48. The summed E-state index contributed by atoms with van der Waals surface area (Å²) in [6, 6.07) is 0. The predicted octanol–water partition coefficient (Wildman–Crippen LogP) is 1.26. The van der Waals surface area contributed by atoms with Crippen molar-refractivity contribution in [2.45, 2.75) is 32.8 Å². The molecule has 0 atom stereocenters. The van der Waals surface area contributed by atoms with Crippen LogP contribution in [-0.2, 0) is 9.47 Å². The van der Waals surface area contributed by atoms with E-state index >= 15 is 0 Å². The summed E-state index contributed by atoms with van der Waals surface area (Å²) in [6.07, 6.45) is -0.309. The van der Waals surface area contributed by atoms with E-state index in [0.717, 1.165) is 0 Å². The number of methoxy groups -OCH3 is 1. The SMILES string of the molecule is COC(=O)NCCCNC(=O)OC(C)(C)C. The molecular formula is C10H20N2O4. The first kappa shape index (κ1) is 14.5. The third-order valence-corrected chi connectivity index (χ3v) is 1.48. The average molecular weight is 232 g/mol. The maximum atomic E-state index is 11.2. The predicted molar refractivity (Wildman–Crippen MR) is 59.3 cm³/mol. The summed E-state index contributed by atoms with van der Waals surface area (Å²) < 4.78 is 9.41. The lowest BCUT2D eigenvalue weighted by atomic mass is 10.2. The molecular weight excluding hydrogens is 212 g/mol. The van der Waals surface area contributed by atoms with E-state index in [1.54, 1.807) is 20.8 Å². The van der Waals surface area contributed by atoms with E-state index in [4.69, 9.17) is 4.74 Å². The molecule has 16 heavy (non-hydrogen) atoms. The van der Waals surface area contributed by atoms with Crippen LogP contribution in [0.4, 0.5) is 9.59 Å². The summed E-state index contributed by atoms with van der Waals surface area (Å²) in [5, 5.41) is 5.08. The van der Waals surface area contributed by atoms with Crippen LogP contribution >= 0.6 is 0 Å². The van der Waals surface area contributed by atoms with Gasteiger partial charge in [-0.2, -0.15) is 0 Å². The van der Waals surface area contributed by atoms with Gasteiger partial charge in [0.15, 0.2) is 0 Å². The number of hydrogen-bond acceptors (Lipinski definition) is 4. The summed E-state index contributed by atoms with van der Waals surface area (Å²) in [6.45, 7) is 6.28. The summed E-state index contributed by atoms with van der Waals surface area (Å²) in [4.78, 5) is 21.8. The van der Waals surface area contributed by atoms with E-state index in [2.05, 4.69) is 15.4 Å². The van der Waals surface area contributed by atoms with Gasteiger partial charge in [0.05, 0.1) is 7.11 Å². The van der Waals surface area contributed by atoms with E-state index < -0.39 is 17.8 Å². The number of carbonyl (C=O) groups is 2. The molecule has 0 heterocycles. The molecule has 0 aromatic rings. The Morgan fingerprint density at radius 2 is 1.56 bits per heavy atom. The van der Waals surface area contributed by atoms with Crippen LogP contribution < -0.4 is 10.6 Å². The van der Waals surface area contributed by atoms with Crippen molar-refractivity contribution in [3.63, 3.8) is 0 Å². The molecule has 0 rings (SSSR count). The normalized spacial score (nSPS) is 10.5. The molecule has 6 heteroatoms. The number of rotatable bonds is 4. The van der Waals surface area contributed by atoms with Crippen molar-refractivity contribution in [1.29, 1.82) is 0 Å². The fraction of sp³-hybridized carbons (Fsp3) is 0.800. The van der Waals surface area contributed by atoms with Gasteiger partial charge in [-0.15, -0.1) is 0 Å². The van der Waals surface area contributed by atoms with Crippen molar-refractivity contribution in [2.24, 2.45) is 0 Å². The molecule has 6 nitrogen and oxygen atoms in total. The molecule has 0 spiro atoms. The highest BCUT2D eigenvalue weighted by Crippen LogP contribution is 2.06. The second kappa shape index (κ2) is 6.92. The molecule has 0 saturated heterocycles. The maximum Gasteiger partial charge on any atom is 0.407 e. The van der Waals surface area contributed by atoms with E-state index in [-0.39, 0.29) is 0 Å². The Bertz CT molecular complexity index is 235. The van der Waals surface area contributed by atoms with Crippen molar-refractivity contribution >= 4 is 12.2 Å². The Kier molecular flexibility index (Phi) is 6.29. The van der Waals surface area contributed by atoms with E-state index in [9.17, 15) is 9.59 Å². The van der Waals surface area contributed by atoms with Crippen LogP contribution in [-0.4, -0.2) is 38.0 Å². The van der Waals surface area contributed by atoms with Gasteiger partial charge < -0.3 is 20.1 Å². The van der Waals surface area contributed by atoms with Crippen LogP contribution in [0.5, 0.6) is 0 Å². The average Bonchev–Trinajstić information content (AvgIpc) is 2.14. The van der Waals surface area contributed by atoms with Gasteiger partial charge in [0.2, 0.25) is 0 Å². The van der Waals surface area contributed by atoms with Gasteiger partial charge in [0.1, 0.15) is 5.60 Å². The fourth-order valence-corrected chi connectivity index (χ4v) is 0.856. The lowest BCUT2D eigenvalue weighted by molar-refractivity contribution is 0.0527. The zero-order chi connectivity index (χ0) is 12.6. The van der Waals surface area contributed by atoms with Gasteiger partial charge in [-0.05, 0) is 27.2 Å². The lowest BCUT2D eigenvalue weighted by Gasteiger charge is -2.19. The first-order chi connectivity index (χ1) is 7.35. The molecule has 0 unspecified atom stereocenters. The Labute approximate surface area is 95.7 Å². The highest BCUT2D eigenvalue weighted by Gasteiger charge is 2.15. The molecule has 0 aliphatic carbocycles. The summed E-state index contributed by atoms with van der Waals surface area (Å²) in [5.41, 5.74) is -0.492. The van der Waals surface area contributed by atoms with Gasteiger partial charge >= 0.3 is 12.2 Å². The molecule has 2 N–H and O–H groups in total. The minimum Gasteiger partial charge on any atom is -0.453 e. The van der Waals surface area contributed by atoms with E-state index in [1.165, 1.54) is 7.11 Å². The van der Waals surface area contributed by atoms with Crippen LogP contribution in [0.2, 0.25) is 0 Å². The van der Waals surface area contributed by atoms with Crippen molar-refractivity contribution in [2.75, 3.05) is 20.2 Å². The molecule has 0 bridgehead atoms. The minimum absolute atomic E-state index is 0.443. The lowest BCUT2D eigenvalue weighted by Crippen LogP contribution is -2.34. The number of amides is 2. The van der Waals surface area contributed by atoms with Crippen molar-refractivity contribution in [1.82, 2.24) is 10.6 Å². The molecule has 94 valence electrons. The van der Waals surface area contributed by atoms with Crippen LogP contribution in [0.25, 0.3) is 0 Å². The Hall–Kier alpha value is -1.46. The molecule has 0 radical (unpaired) electrons. The monoisotopic (exact) mass is 232 g/mol. The van der Waals surface area contributed by atoms with Crippen molar-refractivity contribution in [3.8, 4) is 0 Å². The van der Waals surface area contributed by atoms with Crippen molar-refractivity contribution < 1.29 is 19.1 Å². The summed E-state index contributed by atoms with van der Waals surface area (Å²) in [7, 11) is 1.30. The van der Waals surface area contributed by atoms with Crippen LogP contribution in [0.3, 0.4) is 0 Å². The second-order valence-corrected chi connectivity index (χ2v) is 4.20. The quantitative estimate of drug-likeness (QED) is 0.715. The van der Waals surface area contributed by atoms with Gasteiger partial charge in [-0.25, -0.2) is 9.59 Å². The molecule has 0 aliphatic heterocycles. The Balaban J connectivity index is 3.45. The number of hydrogen-bond donors (Lipinski definition) is 2. The minimum atomic E-state index is -0.492. The topological polar surface area (TPSA) is 76.7 Å². The van der Waals surface area contributed by atoms with Crippen LogP contribution in [0, 0.1) is 0 Å². The third kappa shape index (κ3) is 9.11. The van der Waals surface area contributed by atoms with E-state index in [0.29, 0.717) is 19.5 Å². The number of ether oxygens (including phenoxy) is 2. The molecule has 0 fully saturated rings. The highest BCUT2D eigenvalue weighted by molar-refractivity contribution is 5.67. The fourth-order valence-electron chi connectivity index (χ4n) is 0.856. The first-order valence-corrected chi connectivity index (χ1v) is 5.14. The maximum absolute atomic E-state index is 11.2. The molecule has 0 aliphatic rings. The van der Waals surface area contributed by atoms with Crippen LogP contribution in [0.15, 0.2) is 0 Å². The number of carbonyl (C=O) groups excluding carboxylic acids is 2. The van der Waals surface area contributed by atoms with Crippen LogP contribution in [0.1, 0.15) is 27.2 Å². The standard InChI is InChI=1S/C10H20N2O4/c1-10(2,3)16-9(14)12-7-5-6-11-8(13)15-4/h5-7H2,1-4H3,(H,11,13)(H,12,14). The Morgan fingerprint density at radius 1 is 1.06 bits per heavy atom. The first-order valence-electron chi connectivity index (χ1n) is 5.14. The smallest absolute Gasteiger partial charge is 0.407 e. The highest BCUT2D eigenvalue weighted by atomic mass is 16.6. The second-order valence-electron chi connectivity index (χ2n) is 4.20. The number of nitrogens with one attached hydrogen (secondary N) is 2. The molecule has 2 amide bonds. The molecule has 0 saturated carbocycles. The van der Waals surface area contributed by atoms with Crippen molar-refractivity contribution in [3.05, 3.63) is 0 Å². The molecule has 0 aromatic carbocycles. The van der Waals surface area contributed by atoms with Gasteiger partial charge in [0, 0.05) is 13.1 Å². The summed E-state index contributed by atoms with van der Waals surface area (Å²) in [5.74, 6) is 0. The molecule has 0 aromatic heterocycles. The van der Waals surface area contributed by atoms with E-state index in [1.807, 2.05) is 0 Å². The Morgan fingerprint density at radius 3 is 2.00 bits per heavy atom. The summed E-state index contributed by atoms with van der Waals surface area (Å²) >= 11 is 0. The number of alkyl carbamates (subject to hydrolysis) is 2. The van der Waals surface area contributed by atoms with Gasteiger partial charge in [-0.1, -0.05) is 0 Å².